The average Bonchev–Trinajstić information content (AvgIpc) is 2.73. The molecule has 0 aliphatic heterocycles. The van der Waals surface area contributed by atoms with Gasteiger partial charge in [-0.1, -0.05) is 65.7 Å². The zero-order valence-corrected chi connectivity index (χ0v) is 16.3. The summed E-state index contributed by atoms with van der Waals surface area (Å²) in [6.07, 6.45) is 0. The highest BCUT2D eigenvalue weighted by atomic mass is 35.5. The van der Waals surface area contributed by atoms with Crippen molar-refractivity contribution in [3.05, 3.63) is 100 Å². The summed E-state index contributed by atoms with van der Waals surface area (Å²) >= 11 is 12.1. The van der Waals surface area contributed by atoms with E-state index in [0.717, 1.165) is 27.7 Å². The highest BCUT2D eigenvalue weighted by Crippen LogP contribution is 2.27. The first-order valence-electron chi connectivity index (χ1n) is 8.78. The van der Waals surface area contributed by atoms with Gasteiger partial charge in [0.15, 0.2) is 0 Å². The summed E-state index contributed by atoms with van der Waals surface area (Å²) in [4.78, 5) is 17.7. The maximum Gasteiger partial charge on any atom is 0.252 e. The lowest BCUT2D eigenvalue weighted by Gasteiger charge is -2.11. The molecule has 1 N–H and O–H groups in total. The average molecular weight is 407 g/mol. The molecule has 0 saturated heterocycles. The molecule has 0 aliphatic rings. The van der Waals surface area contributed by atoms with E-state index in [-0.39, 0.29) is 5.91 Å². The summed E-state index contributed by atoms with van der Waals surface area (Å²) in [5.74, 6) is -0.179. The Morgan fingerprint density at radius 3 is 2.32 bits per heavy atom. The number of nitrogens with one attached hydrogen (secondary N) is 1. The van der Waals surface area contributed by atoms with Crippen molar-refractivity contribution in [2.45, 2.75) is 6.54 Å². The molecule has 0 saturated carbocycles. The summed E-state index contributed by atoms with van der Waals surface area (Å²) in [6.45, 7) is 0.404. The van der Waals surface area contributed by atoms with Crippen molar-refractivity contribution in [3.63, 3.8) is 0 Å². The highest BCUT2D eigenvalue weighted by molar-refractivity contribution is 6.31. The third kappa shape index (κ3) is 4.01. The number of hydrogen-bond acceptors (Lipinski definition) is 2. The van der Waals surface area contributed by atoms with Crippen molar-refractivity contribution in [2.75, 3.05) is 0 Å². The molecule has 0 spiro atoms. The molecule has 1 heterocycles. The van der Waals surface area contributed by atoms with Gasteiger partial charge in [-0.15, -0.1) is 0 Å². The van der Waals surface area contributed by atoms with E-state index in [2.05, 4.69) is 5.32 Å². The molecule has 0 atom stereocenters. The van der Waals surface area contributed by atoms with Gasteiger partial charge in [-0.2, -0.15) is 0 Å². The Labute approximate surface area is 172 Å². The zero-order chi connectivity index (χ0) is 19.5. The number of rotatable bonds is 4. The minimum Gasteiger partial charge on any atom is -0.348 e. The van der Waals surface area contributed by atoms with Crippen LogP contribution in [-0.2, 0) is 6.54 Å². The van der Waals surface area contributed by atoms with E-state index in [4.69, 9.17) is 28.2 Å². The van der Waals surface area contributed by atoms with E-state index in [1.165, 1.54) is 0 Å². The molecule has 4 rings (SSSR count). The molecule has 0 fully saturated rings. The predicted molar refractivity (Wildman–Crippen MR) is 115 cm³/mol. The number of pyridine rings is 1. The molecular formula is C23H16Cl2N2O. The summed E-state index contributed by atoms with van der Waals surface area (Å²) < 4.78 is 0. The number of fused-ring (bicyclic) bond motifs is 1. The van der Waals surface area contributed by atoms with Gasteiger partial charge in [0.2, 0.25) is 0 Å². The number of carbonyl (C=O) groups excluding carboxylic acids is 1. The minimum absolute atomic E-state index is 0.179. The number of carbonyl (C=O) groups is 1. The van der Waals surface area contributed by atoms with Gasteiger partial charge in [-0.25, -0.2) is 4.98 Å². The molecule has 3 aromatic carbocycles. The molecule has 1 aromatic heterocycles. The number of hydrogen-bond donors (Lipinski definition) is 1. The SMILES string of the molecule is O=C(NCc1ccc(Cl)cc1)c1cc(-c2ccccc2)nc2ccc(Cl)cc12. The van der Waals surface area contributed by atoms with Crippen molar-refractivity contribution >= 4 is 40.0 Å². The van der Waals surface area contributed by atoms with Crippen LogP contribution >= 0.6 is 23.2 Å². The fourth-order valence-corrected chi connectivity index (χ4v) is 3.32. The highest BCUT2D eigenvalue weighted by Gasteiger charge is 2.14. The standard InChI is InChI=1S/C23H16Cl2N2O/c24-17-8-6-15(7-9-17)14-26-23(28)20-13-22(16-4-2-1-3-5-16)27-21-11-10-18(25)12-19(20)21/h1-13H,14H2,(H,26,28). The number of benzene rings is 3. The van der Waals surface area contributed by atoms with Crippen LogP contribution in [-0.4, -0.2) is 10.9 Å². The molecule has 28 heavy (non-hydrogen) atoms. The van der Waals surface area contributed by atoms with Crippen molar-refractivity contribution in [1.82, 2.24) is 10.3 Å². The second-order valence-corrected chi connectivity index (χ2v) is 7.26. The minimum atomic E-state index is -0.179. The molecule has 0 aliphatic carbocycles. The molecule has 0 radical (unpaired) electrons. The number of halogens is 2. The normalized spacial score (nSPS) is 10.8. The van der Waals surface area contributed by atoms with Gasteiger partial charge >= 0.3 is 0 Å². The third-order valence-electron chi connectivity index (χ3n) is 4.45. The van der Waals surface area contributed by atoms with Crippen LogP contribution in [0.3, 0.4) is 0 Å². The van der Waals surface area contributed by atoms with E-state index in [9.17, 15) is 4.79 Å². The Balaban J connectivity index is 1.72. The quantitative estimate of drug-likeness (QED) is 0.442. The van der Waals surface area contributed by atoms with Crippen LogP contribution in [0.5, 0.6) is 0 Å². The topological polar surface area (TPSA) is 42.0 Å². The molecule has 4 aromatic rings. The van der Waals surface area contributed by atoms with Crippen LogP contribution in [0, 0.1) is 0 Å². The molecule has 0 bridgehead atoms. The van der Waals surface area contributed by atoms with Crippen LogP contribution in [0.15, 0.2) is 78.9 Å². The Kier molecular flexibility index (Phi) is 5.29. The van der Waals surface area contributed by atoms with Gasteiger partial charge in [0.25, 0.3) is 5.91 Å². The molecule has 3 nitrogen and oxygen atoms in total. The largest absolute Gasteiger partial charge is 0.348 e. The number of amides is 1. The van der Waals surface area contributed by atoms with Crippen molar-refractivity contribution in [2.24, 2.45) is 0 Å². The van der Waals surface area contributed by atoms with Crippen molar-refractivity contribution in [1.29, 1.82) is 0 Å². The molecule has 138 valence electrons. The lowest BCUT2D eigenvalue weighted by molar-refractivity contribution is 0.0952. The number of aromatic nitrogens is 1. The monoisotopic (exact) mass is 406 g/mol. The van der Waals surface area contributed by atoms with Gasteiger partial charge in [-0.3, -0.25) is 4.79 Å². The summed E-state index contributed by atoms with van der Waals surface area (Å²) in [5, 5.41) is 4.92. The van der Waals surface area contributed by atoms with E-state index < -0.39 is 0 Å². The lowest BCUT2D eigenvalue weighted by Crippen LogP contribution is -2.23. The fourth-order valence-electron chi connectivity index (χ4n) is 3.02. The van der Waals surface area contributed by atoms with E-state index >= 15 is 0 Å². The third-order valence-corrected chi connectivity index (χ3v) is 4.94. The van der Waals surface area contributed by atoms with Crippen LogP contribution in [0.2, 0.25) is 10.0 Å². The first-order valence-corrected chi connectivity index (χ1v) is 9.54. The first kappa shape index (κ1) is 18.5. The summed E-state index contributed by atoms with van der Waals surface area (Å²) in [5.41, 5.74) is 3.93. The number of nitrogens with zero attached hydrogens (tertiary/aromatic N) is 1. The molecular weight excluding hydrogens is 391 g/mol. The van der Waals surface area contributed by atoms with Gasteiger partial charge in [0.05, 0.1) is 16.8 Å². The van der Waals surface area contributed by atoms with Crippen LogP contribution in [0.25, 0.3) is 22.2 Å². The van der Waals surface area contributed by atoms with Gasteiger partial charge < -0.3 is 5.32 Å². The zero-order valence-electron chi connectivity index (χ0n) is 14.8. The van der Waals surface area contributed by atoms with E-state index in [0.29, 0.717) is 22.2 Å². The first-order chi connectivity index (χ1) is 13.6. The Hall–Kier alpha value is -2.88. The van der Waals surface area contributed by atoms with Crippen LogP contribution in [0.1, 0.15) is 15.9 Å². The van der Waals surface area contributed by atoms with E-state index in [1.807, 2.05) is 54.6 Å². The van der Waals surface area contributed by atoms with Gasteiger partial charge in [-0.05, 0) is 42.0 Å². The molecule has 0 unspecified atom stereocenters. The van der Waals surface area contributed by atoms with E-state index in [1.54, 1.807) is 24.3 Å². The Bertz CT molecular complexity index is 1140. The maximum atomic E-state index is 13.0. The van der Waals surface area contributed by atoms with Gasteiger partial charge in [0, 0.05) is 27.5 Å². The van der Waals surface area contributed by atoms with Crippen molar-refractivity contribution in [3.8, 4) is 11.3 Å². The van der Waals surface area contributed by atoms with Crippen molar-refractivity contribution < 1.29 is 4.79 Å². The summed E-state index contributed by atoms with van der Waals surface area (Å²) in [6, 6.07) is 24.4. The lowest BCUT2D eigenvalue weighted by atomic mass is 10.0. The molecule has 5 heteroatoms. The predicted octanol–water partition coefficient (Wildman–Crippen LogP) is 6.14. The molecule has 1 amide bonds. The second kappa shape index (κ2) is 8.01. The fraction of sp³-hybridized carbons (Fsp3) is 0.0435. The maximum absolute atomic E-state index is 13.0. The Morgan fingerprint density at radius 2 is 1.57 bits per heavy atom. The van der Waals surface area contributed by atoms with Crippen LogP contribution in [0.4, 0.5) is 0 Å². The van der Waals surface area contributed by atoms with Crippen LogP contribution < -0.4 is 5.32 Å². The Morgan fingerprint density at radius 1 is 0.857 bits per heavy atom. The smallest absolute Gasteiger partial charge is 0.252 e. The van der Waals surface area contributed by atoms with Gasteiger partial charge in [0.1, 0.15) is 0 Å². The summed E-state index contributed by atoms with van der Waals surface area (Å²) in [7, 11) is 0. The second-order valence-electron chi connectivity index (χ2n) is 6.39.